The third kappa shape index (κ3) is 3.52. The Labute approximate surface area is 175 Å². The summed E-state index contributed by atoms with van der Waals surface area (Å²) in [4.78, 5) is 12.7. The van der Waals surface area contributed by atoms with Gasteiger partial charge in [-0.25, -0.2) is 9.52 Å². The number of sulfonamides is 1. The zero-order chi connectivity index (χ0) is 21.1. The number of amides is 2. The minimum Gasteiger partial charge on any atom is -0.451 e. The monoisotopic (exact) mass is 430 g/mol. The van der Waals surface area contributed by atoms with E-state index >= 15 is 0 Å². The van der Waals surface area contributed by atoms with E-state index in [0.717, 1.165) is 36.1 Å². The first kappa shape index (κ1) is 19.6. The molecule has 0 bridgehead atoms. The molecule has 1 atom stereocenters. The number of furan rings is 1. The number of fused-ring (bicyclic) bond motifs is 1. The maximum atomic E-state index is 12.7. The molecule has 1 unspecified atom stereocenters. The fourth-order valence-electron chi connectivity index (χ4n) is 4.48. The molecule has 7 nitrogen and oxygen atoms in total. The molecule has 1 heterocycles. The van der Waals surface area contributed by atoms with Gasteiger partial charge in [-0.15, -0.1) is 0 Å². The molecule has 0 radical (unpaired) electrons. The Morgan fingerprint density at radius 1 is 1.27 bits per heavy atom. The van der Waals surface area contributed by atoms with Crippen molar-refractivity contribution in [3.63, 3.8) is 0 Å². The molecule has 1 aromatic carbocycles. The van der Waals surface area contributed by atoms with Gasteiger partial charge in [0, 0.05) is 17.3 Å². The van der Waals surface area contributed by atoms with Crippen molar-refractivity contribution in [2.45, 2.75) is 68.5 Å². The average Bonchev–Trinajstić information content (AvgIpc) is 3.56. The van der Waals surface area contributed by atoms with Gasteiger partial charge in [0.2, 0.25) is 5.09 Å². The van der Waals surface area contributed by atoms with Crippen molar-refractivity contribution in [3.8, 4) is 0 Å². The van der Waals surface area contributed by atoms with Crippen molar-refractivity contribution in [1.82, 2.24) is 4.72 Å². The number of aryl methyl sites for hydroxylation is 1. The molecule has 0 saturated heterocycles. The number of rotatable bonds is 6. The predicted octanol–water partition coefficient (Wildman–Crippen LogP) is 3.77. The molecule has 160 valence electrons. The highest BCUT2D eigenvalue weighted by Crippen LogP contribution is 2.47. The fraction of sp³-hybridized carbons (Fsp3) is 0.500. The first-order chi connectivity index (χ1) is 14.3. The minimum atomic E-state index is -4.18. The van der Waals surface area contributed by atoms with E-state index in [1.165, 1.54) is 30.7 Å². The number of carbonyl (C=O) groups excluding carboxylic acids is 1. The summed E-state index contributed by atoms with van der Waals surface area (Å²) in [6.45, 7) is 2.17. The van der Waals surface area contributed by atoms with E-state index in [9.17, 15) is 18.3 Å². The number of benzene rings is 1. The Morgan fingerprint density at radius 2 is 2.03 bits per heavy atom. The molecule has 2 amide bonds. The second kappa shape index (κ2) is 6.85. The lowest BCUT2D eigenvalue weighted by Gasteiger charge is -2.20. The second-order valence-corrected chi connectivity index (χ2v) is 10.5. The zero-order valence-corrected chi connectivity index (χ0v) is 17.7. The Balaban J connectivity index is 1.37. The summed E-state index contributed by atoms with van der Waals surface area (Å²) in [5.41, 5.74) is 3.58. The number of aliphatic hydroxyl groups is 1. The normalized spacial score (nSPS) is 20.5. The van der Waals surface area contributed by atoms with E-state index in [2.05, 4.69) is 29.1 Å². The Hall–Kier alpha value is -2.32. The summed E-state index contributed by atoms with van der Waals surface area (Å²) >= 11 is 0. The van der Waals surface area contributed by atoms with E-state index in [0.29, 0.717) is 30.2 Å². The van der Waals surface area contributed by atoms with Crippen LogP contribution in [0, 0.1) is 5.92 Å². The van der Waals surface area contributed by atoms with E-state index < -0.39 is 21.7 Å². The number of carbonyl (C=O) groups is 1. The SMILES string of the molecule is CC(c1ccc2c(c1NC(=O)NS(=O)(=O)c1cc(C3(O)CC3)co1)CCC2)C1CC1. The van der Waals surface area contributed by atoms with Gasteiger partial charge in [0.05, 0.1) is 11.9 Å². The third-order valence-electron chi connectivity index (χ3n) is 6.70. The highest BCUT2D eigenvalue weighted by atomic mass is 32.2. The summed E-state index contributed by atoms with van der Waals surface area (Å²) in [5.74, 6) is 0.932. The molecular formula is C22H26N2O5S. The zero-order valence-electron chi connectivity index (χ0n) is 16.9. The van der Waals surface area contributed by atoms with Gasteiger partial charge in [0.1, 0.15) is 0 Å². The van der Waals surface area contributed by atoms with Crippen molar-refractivity contribution in [2.75, 3.05) is 5.32 Å². The third-order valence-corrected chi connectivity index (χ3v) is 7.90. The maximum Gasteiger partial charge on any atom is 0.333 e. The molecule has 8 heteroatoms. The number of hydrogen-bond donors (Lipinski definition) is 3. The summed E-state index contributed by atoms with van der Waals surface area (Å²) in [6, 6.07) is 4.70. The van der Waals surface area contributed by atoms with Crippen molar-refractivity contribution in [2.24, 2.45) is 5.92 Å². The standard InChI is InChI=1S/C22H26N2O5S/c1-13(14-5-6-14)17-8-7-15-3-2-4-18(15)20(17)23-21(25)24-30(27,28)19-11-16(12-29-19)22(26)9-10-22/h7-8,11-14,26H,2-6,9-10H2,1H3,(H2,23,24,25). The summed E-state index contributed by atoms with van der Waals surface area (Å²) < 4.78 is 32.4. The molecule has 2 fully saturated rings. The fourth-order valence-corrected chi connectivity index (χ4v) is 5.33. The van der Waals surface area contributed by atoms with Crippen LogP contribution in [0.1, 0.15) is 67.2 Å². The molecule has 1 aromatic heterocycles. The largest absolute Gasteiger partial charge is 0.451 e. The van der Waals surface area contributed by atoms with Gasteiger partial charge in [-0.1, -0.05) is 19.1 Å². The summed E-state index contributed by atoms with van der Waals surface area (Å²) in [7, 11) is -4.18. The molecule has 0 spiro atoms. The minimum absolute atomic E-state index is 0.315. The van der Waals surface area contributed by atoms with E-state index in [1.54, 1.807) is 0 Å². The van der Waals surface area contributed by atoms with Crippen LogP contribution < -0.4 is 10.0 Å². The lowest BCUT2D eigenvalue weighted by atomic mass is 9.91. The molecule has 5 rings (SSSR count). The molecular weight excluding hydrogens is 404 g/mol. The van der Waals surface area contributed by atoms with Gasteiger partial charge in [-0.2, -0.15) is 8.42 Å². The van der Waals surface area contributed by atoms with Crippen LogP contribution in [0.4, 0.5) is 10.5 Å². The van der Waals surface area contributed by atoms with Crippen LogP contribution in [0.3, 0.4) is 0 Å². The Bertz CT molecular complexity index is 1110. The van der Waals surface area contributed by atoms with Crippen LogP contribution >= 0.6 is 0 Å². The van der Waals surface area contributed by atoms with Crippen molar-refractivity contribution < 1.29 is 22.7 Å². The van der Waals surface area contributed by atoms with Crippen molar-refractivity contribution in [1.29, 1.82) is 0 Å². The topological polar surface area (TPSA) is 109 Å². The van der Waals surface area contributed by atoms with Crippen LogP contribution in [-0.4, -0.2) is 19.6 Å². The quantitative estimate of drug-likeness (QED) is 0.646. The summed E-state index contributed by atoms with van der Waals surface area (Å²) in [6.07, 6.45) is 7.63. The van der Waals surface area contributed by atoms with Crippen LogP contribution in [0.2, 0.25) is 0 Å². The van der Waals surface area contributed by atoms with Crippen molar-refractivity contribution in [3.05, 3.63) is 46.7 Å². The first-order valence-electron chi connectivity index (χ1n) is 10.6. The highest BCUT2D eigenvalue weighted by molar-refractivity contribution is 7.89. The van der Waals surface area contributed by atoms with E-state index in [1.807, 2.05) is 0 Å². The van der Waals surface area contributed by atoms with Gasteiger partial charge in [-0.05, 0) is 73.5 Å². The van der Waals surface area contributed by atoms with Crippen LogP contribution in [-0.2, 0) is 28.5 Å². The predicted molar refractivity (Wildman–Crippen MR) is 111 cm³/mol. The van der Waals surface area contributed by atoms with Gasteiger partial charge < -0.3 is 14.8 Å². The lowest BCUT2D eigenvalue weighted by molar-refractivity contribution is 0.150. The number of urea groups is 1. The number of anilines is 1. The molecule has 2 aromatic rings. The second-order valence-electron chi connectivity index (χ2n) is 8.89. The van der Waals surface area contributed by atoms with Gasteiger partial charge in [0.15, 0.2) is 0 Å². The molecule has 30 heavy (non-hydrogen) atoms. The number of nitrogens with one attached hydrogen (secondary N) is 2. The summed E-state index contributed by atoms with van der Waals surface area (Å²) in [5, 5.41) is 12.6. The van der Waals surface area contributed by atoms with Crippen LogP contribution in [0.15, 0.2) is 34.0 Å². The van der Waals surface area contributed by atoms with Crippen LogP contribution in [0.25, 0.3) is 0 Å². The Morgan fingerprint density at radius 3 is 2.73 bits per heavy atom. The van der Waals surface area contributed by atoms with E-state index in [4.69, 9.17) is 4.42 Å². The van der Waals surface area contributed by atoms with Gasteiger partial charge >= 0.3 is 6.03 Å². The number of hydrogen-bond acceptors (Lipinski definition) is 5. The molecule has 3 aliphatic carbocycles. The lowest BCUT2D eigenvalue weighted by Crippen LogP contribution is -2.34. The average molecular weight is 431 g/mol. The maximum absolute atomic E-state index is 12.7. The van der Waals surface area contributed by atoms with Gasteiger partial charge in [0.25, 0.3) is 10.0 Å². The molecule has 2 saturated carbocycles. The van der Waals surface area contributed by atoms with Gasteiger partial charge in [-0.3, -0.25) is 0 Å². The molecule has 3 aliphatic rings. The van der Waals surface area contributed by atoms with Crippen LogP contribution in [0.5, 0.6) is 0 Å². The van der Waals surface area contributed by atoms with E-state index in [-0.39, 0.29) is 5.09 Å². The Kier molecular flexibility index (Phi) is 4.48. The smallest absolute Gasteiger partial charge is 0.333 e. The molecule has 3 N–H and O–H groups in total. The first-order valence-corrected chi connectivity index (χ1v) is 12.0. The van der Waals surface area contributed by atoms with Crippen molar-refractivity contribution >= 4 is 21.7 Å². The molecule has 0 aliphatic heterocycles. The highest BCUT2D eigenvalue weighted by Gasteiger charge is 2.44.